The fourth-order valence-electron chi connectivity index (χ4n) is 2.49. The quantitative estimate of drug-likeness (QED) is 0.780. The summed E-state index contributed by atoms with van der Waals surface area (Å²) in [5, 5.41) is 10.2. The zero-order valence-electron chi connectivity index (χ0n) is 12.6. The Morgan fingerprint density at radius 3 is 2.95 bits per heavy atom. The van der Waals surface area contributed by atoms with Gasteiger partial charge in [-0.15, -0.1) is 11.3 Å². The molecule has 0 aromatic carbocycles. The number of thiophene rings is 1. The first-order chi connectivity index (χ1) is 10.7. The van der Waals surface area contributed by atoms with Gasteiger partial charge in [-0.2, -0.15) is 5.10 Å². The highest BCUT2D eigenvalue weighted by Gasteiger charge is 2.15. The molecule has 3 aromatic heterocycles. The number of nitrogens with zero attached hydrogens (tertiary/aromatic N) is 3. The van der Waals surface area contributed by atoms with E-state index in [4.69, 9.17) is 0 Å². The molecule has 1 amide bonds. The Bertz CT molecular complexity index is 890. The van der Waals surface area contributed by atoms with Crippen molar-refractivity contribution in [2.75, 3.05) is 6.54 Å². The van der Waals surface area contributed by atoms with Gasteiger partial charge in [-0.3, -0.25) is 14.0 Å². The molecule has 3 aromatic rings. The van der Waals surface area contributed by atoms with Crippen molar-refractivity contribution in [1.29, 1.82) is 0 Å². The summed E-state index contributed by atoms with van der Waals surface area (Å²) in [6, 6.07) is 3.86. The standard InChI is InChI=1S/C15H18N4O2S/c1-3-6-16-13(20)9-18-14(21)11-8-10-5-7-22-15(10)19(11)12(4-2)17-18/h5,7-8H,3-4,6,9H2,1-2H3,(H,16,20). The highest BCUT2D eigenvalue weighted by molar-refractivity contribution is 7.16. The summed E-state index contributed by atoms with van der Waals surface area (Å²) >= 11 is 1.59. The second-order valence-corrected chi connectivity index (χ2v) is 6.02. The Labute approximate surface area is 131 Å². The van der Waals surface area contributed by atoms with E-state index in [1.807, 2.05) is 35.8 Å². The first kappa shape index (κ1) is 14.8. The molecule has 3 heterocycles. The molecule has 0 spiro atoms. The lowest BCUT2D eigenvalue weighted by molar-refractivity contribution is -0.121. The lowest BCUT2D eigenvalue weighted by atomic mass is 10.4. The van der Waals surface area contributed by atoms with E-state index >= 15 is 0 Å². The van der Waals surface area contributed by atoms with Gasteiger partial charge in [-0.05, 0) is 23.9 Å². The van der Waals surface area contributed by atoms with Crippen LogP contribution in [0.5, 0.6) is 0 Å². The smallest absolute Gasteiger partial charge is 0.291 e. The minimum Gasteiger partial charge on any atom is -0.355 e. The van der Waals surface area contributed by atoms with Crippen molar-refractivity contribution in [2.45, 2.75) is 33.2 Å². The molecule has 0 fully saturated rings. The largest absolute Gasteiger partial charge is 0.355 e. The number of nitrogens with one attached hydrogen (secondary N) is 1. The van der Waals surface area contributed by atoms with Gasteiger partial charge >= 0.3 is 0 Å². The molecule has 6 nitrogen and oxygen atoms in total. The fraction of sp³-hybridized carbons (Fsp3) is 0.400. The third-order valence-corrected chi connectivity index (χ3v) is 4.45. The maximum Gasteiger partial charge on any atom is 0.291 e. The molecule has 0 saturated heterocycles. The van der Waals surface area contributed by atoms with Gasteiger partial charge in [0.05, 0.1) is 0 Å². The molecule has 0 bridgehead atoms. The predicted molar refractivity (Wildman–Crippen MR) is 87.5 cm³/mol. The van der Waals surface area contributed by atoms with Gasteiger partial charge in [0.15, 0.2) is 0 Å². The van der Waals surface area contributed by atoms with Gasteiger partial charge in [0.25, 0.3) is 5.56 Å². The topological polar surface area (TPSA) is 68.4 Å². The zero-order valence-corrected chi connectivity index (χ0v) is 13.4. The van der Waals surface area contributed by atoms with E-state index in [0.717, 1.165) is 22.5 Å². The molecule has 0 saturated carbocycles. The van der Waals surface area contributed by atoms with Crippen molar-refractivity contribution in [1.82, 2.24) is 19.5 Å². The normalized spacial score (nSPS) is 11.4. The maximum atomic E-state index is 12.6. The maximum absolute atomic E-state index is 12.6. The van der Waals surface area contributed by atoms with E-state index in [-0.39, 0.29) is 18.0 Å². The van der Waals surface area contributed by atoms with Crippen LogP contribution in [0.15, 0.2) is 22.3 Å². The zero-order chi connectivity index (χ0) is 15.7. The van der Waals surface area contributed by atoms with Gasteiger partial charge in [0.2, 0.25) is 5.91 Å². The number of aromatic nitrogens is 3. The summed E-state index contributed by atoms with van der Waals surface area (Å²) in [4.78, 5) is 25.5. The number of carbonyl (C=O) groups excluding carboxylic acids is 1. The summed E-state index contributed by atoms with van der Waals surface area (Å²) in [6.45, 7) is 4.55. The molecule has 0 aliphatic heterocycles. The summed E-state index contributed by atoms with van der Waals surface area (Å²) < 4.78 is 3.17. The van der Waals surface area contributed by atoms with Crippen molar-refractivity contribution in [3.63, 3.8) is 0 Å². The van der Waals surface area contributed by atoms with Crippen LogP contribution in [0.3, 0.4) is 0 Å². The van der Waals surface area contributed by atoms with E-state index in [9.17, 15) is 9.59 Å². The molecule has 0 aliphatic carbocycles. The molecule has 22 heavy (non-hydrogen) atoms. The number of amides is 1. The number of hydrogen-bond acceptors (Lipinski definition) is 4. The van der Waals surface area contributed by atoms with Crippen LogP contribution in [0.2, 0.25) is 0 Å². The van der Waals surface area contributed by atoms with Crippen LogP contribution < -0.4 is 10.9 Å². The highest BCUT2D eigenvalue weighted by atomic mass is 32.1. The Balaban J connectivity index is 2.10. The van der Waals surface area contributed by atoms with Crippen LogP contribution in [-0.4, -0.2) is 26.6 Å². The lowest BCUT2D eigenvalue weighted by Gasteiger charge is -2.09. The molecule has 0 unspecified atom stereocenters. The molecule has 3 rings (SSSR count). The molecule has 7 heteroatoms. The van der Waals surface area contributed by atoms with Gasteiger partial charge in [-0.1, -0.05) is 13.8 Å². The minimum absolute atomic E-state index is 0.0405. The number of fused-ring (bicyclic) bond motifs is 3. The van der Waals surface area contributed by atoms with Crippen LogP contribution in [-0.2, 0) is 17.8 Å². The Hall–Kier alpha value is -2.15. The average Bonchev–Trinajstić information content (AvgIpc) is 3.09. The van der Waals surface area contributed by atoms with Crippen molar-refractivity contribution in [3.05, 3.63) is 33.7 Å². The van der Waals surface area contributed by atoms with Crippen LogP contribution in [0.1, 0.15) is 26.1 Å². The fourth-order valence-corrected chi connectivity index (χ4v) is 3.41. The van der Waals surface area contributed by atoms with Crippen molar-refractivity contribution < 1.29 is 4.79 Å². The van der Waals surface area contributed by atoms with Gasteiger partial charge in [0.1, 0.15) is 22.7 Å². The van der Waals surface area contributed by atoms with Gasteiger partial charge in [0, 0.05) is 18.4 Å². The molecule has 0 atom stereocenters. The Kier molecular flexibility index (Phi) is 3.98. The average molecular weight is 318 g/mol. The second-order valence-electron chi connectivity index (χ2n) is 5.13. The van der Waals surface area contributed by atoms with Crippen molar-refractivity contribution in [2.24, 2.45) is 0 Å². The molecule has 0 radical (unpaired) electrons. The van der Waals surface area contributed by atoms with E-state index in [1.165, 1.54) is 4.68 Å². The number of rotatable bonds is 5. The van der Waals surface area contributed by atoms with E-state index in [1.54, 1.807) is 11.3 Å². The SMILES string of the molecule is CCCNC(=O)Cn1nc(CC)n2c(cc3ccsc32)c1=O. The number of carbonyl (C=O) groups is 1. The summed E-state index contributed by atoms with van der Waals surface area (Å²) in [6.07, 6.45) is 1.55. The first-order valence-corrected chi connectivity index (χ1v) is 8.29. The first-order valence-electron chi connectivity index (χ1n) is 7.41. The van der Waals surface area contributed by atoms with Crippen LogP contribution in [0, 0.1) is 0 Å². The van der Waals surface area contributed by atoms with Gasteiger partial charge < -0.3 is 5.32 Å². The van der Waals surface area contributed by atoms with E-state index in [0.29, 0.717) is 18.5 Å². The third-order valence-electron chi connectivity index (χ3n) is 3.54. The molecular formula is C15H18N4O2S. The van der Waals surface area contributed by atoms with E-state index in [2.05, 4.69) is 10.4 Å². The molecule has 0 aliphatic rings. The van der Waals surface area contributed by atoms with Crippen molar-refractivity contribution >= 4 is 33.0 Å². The summed E-state index contributed by atoms with van der Waals surface area (Å²) in [7, 11) is 0. The number of hydrogen-bond donors (Lipinski definition) is 1. The van der Waals surface area contributed by atoms with Crippen LogP contribution in [0.25, 0.3) is 15.7 Å². The van der Waals surface area contributed by atoms with Crippen LogP contribution >= 0.6 is 11.3 Å². The number of aryl methyl sites for hydroxylation is 1. The molecular weight excluding hydrogens is 300 g/mol. The monoisotopic (exact) mass is 318 g/mol. The summed E-state index contributed by atoms with van der Waals surface area (Å²) in [5.74, 6) is 0.603. The summed E-state index contributed by atoms with van der Waals surface area (Å²) in [5.41, 5.74) is 0.351. The van der Waals surface area contributed by atoms with Gasteiger partial charge in [-0.25, -0.2) is 4.68 Å². The molecule has 116 valence electrons. The van der Waals surface area contributed by atoms with Crippen molar-refractivity contribution in [3.8, 4) is 0 Å². The Morgan fingerprint density at radius 1 is 1.41 bits per heavy atom. The highest BCUT2D eigenvalue weighted by Crippen LogP contribution is 2.24. The molecule has 1 N–H and O–H groups in total. The van der Waals surface area contributed by atoms with E-state index < -0.39 is 0 Å². The minimum atomic E-state index is -0.229. The Morgan fingerprint density at radius 2 is 2.23 bits per heavy atom. The third kappa shape index (κ3) is 2.41. The second kappa shape index (κ2) is 5.92. The predicted octanol–water partition coefficient (Wildman–Crippen LogP) is 1.80. The van der Waals surface area contributed by atoms with Crippen LogP contribution in [0.4, 0.5) is 0 Å². The lowest BCUT2D eigenvalue weighted by Crippen LogP contribution is -2.35.